The summed E-state index contributed by atoms with van der Waals surface area (Å²) >= 11 is 0. The predicted molar refractivity (Wildman–Crippen MR) is 68.1 cm³/mol. The maximum Gasteiger partial charge on any atom is 0.255 e. The van der Waals surface area contributed by atoms with Gasteiger partial charge in [0.05, 0.1) is 11.9 Å². The van der Waals surface area contributed by atoms with Gasteiger partial charge >= 0.3 is 0 Å². The summed E-state index contributed by atoms with van der Waals surface area (Å²) < 4.78 is 13.0. The maximum absolute atomic E-state index is 13.0. The molecule has 0 spiro atoms. The van der Waals surface area contributed by atoms with Crippen LogP contribution in [-0.2, 0) is 0 Å². The van der Waals surface area contributed by atoms with E-state index in [-0.39, 0.29) is 11.7 Å². The molecule has 0 fully saturated rings. The Bertz CT molecular complexity index is 596. The van der Waals surface area contributed by atoms with E-state index in [0.29, 0.717) is 16.8 Å². The molecule has 1 amide bonds. The summed E-state index contributed by atoms with van der Waals surface area (Å²) in [5.74, 6) is -0.606. The summed E-state index contributed by atoms with van der Waals surface area (Å²) in [6.07, 6.45) is 3.25. The van der Waals surface area contributed by atoms with Crippen molar-refractivity contribution in [1.29, 1.82) is 0 Å². The van der Waals surface area contributed by atoms with Crippen molar-refractivity contribution in [2.24, 2.45) is 0 Å². The van der Waals surface area contributed by atoms with Crippen molar-refractivity contribution in [2.75, 3.05) is 5.32 Å². The standard InChI is InChI=1S/C14H13FN2O/c1-9-5-6-16-8-13(9)17-14(18)12-4-3-11(15)7-10(12)2/h3-8H,1-2H3,(H,17,18). The molecule has 0 aliphatic heterocycles. The average Bonchev–Trinajstić information content (AvgIpc) is 2.32. The van der Waals surface area contributed by atoms with Gasteiger partial charge in [0.15, 0.2) is 0 Å². The number of nitrogens with one attached hydrogen (secondary N) is 1. The van der Waals surface area contributed by atoms with Crippen LogP contribution >= 0.6 is 0 Å². The summed E-state index contributed by atoms with van der Waals surface area (Å²) in [5, 5.41) is 2.76. The number of hydrogen-bond acceptors (Lipinski definition) is 2. The molecule has 0 atom stereocenters. The lowest BCUT2D eigenvalue weighted by molar-refractivity contribution is 0.102. The Morgan fingerprint density at radius 1 is 1.22 bits per heavy atom. The SMILES string of the molecule is Cc1ccncc1NC(=O)c1ccc(F)cc1C. The topological polar surface area (TPSA) is 42.0 Å². The first-order chi connectivity index (χ1) is 8.58. The fourth-order valence-corrected chi connectivity index (χ4v) is 1.67. The smallest absolute Gasteiger partial charge is 0.255 e. The van der Waals surface area contributed by atoms with Crippen LogP contribution in [-0.4, -0.2) is 10.9 Å². The molecule has 3 nitrogen and oxygen atoms in total. The third-order valence-corrected chi connectivity index (χ3v) is 2.72. The van der Waals surface area contributed by atoms with Gasteiger partial charge in [0.25, 0.3) is 5.91 Å². The van der Waals surface area contributed by atoms with E-state index < -0.39 is 0 Å². The normalized spacial score (nSPS) is 10.2. The van der Waals surface area contributed by atoms with Gasteiger partial charge in [0, 0.05) is 11.8 Å². The lowest BCUT2D eigenvalue weighted by Crippen LogP contribution is -2.14. The summed E-state index contributed by atoms with van der Waals surface area (Å²) in [7, 11) is 0. The molecule has 0 aliphatic carbocycles. The van der Waals surface area contributed by atoms with Gasteiger partial charge < -0.3 is 5.32 Å². The Kier molecular flexibility index (Phi) is 3.37. The number of rotatable bonds is 2. The molecule has 1 aromatic heterocycles. The molecule has 0 unspecified atom stereocenters. The van der Waals surface area contributed by atoms with E-state index in [4.69, 9.17) is 0 Å². The highest BCUT2D eigenvalue weighted by Crippen LogP contribution is 2.15. The van der Waals surface area contributed by atoms with Gasteiger partial charge in [-0.25, -0.2) is 4.39 Å². The van der Waals surface area contributed by atoms with Crippen LogP contribution in [0.1, 0.15) is 21.5 Å². The Morgan fingerprint density at radius 3 is 2.67 bits per heavy atom. The number of nitrogens with zero attached hydrogens (tertiary/aromatic N) is 1. The van der Waals surface area contributed by atoms with Crippen molar-refractivity contribution in [3.8, 4) is 0 Å². The molecule has 2 rings (SSSR count). The van der Waals surface area contributed by atoms with Crippen LogP contribution in [0.25, 0.3) is 0 Å². The second-order valence-electron chi connectivity index (χ2n) is 4.10. The Balaban J connectivity index is 2.25. The predicted octanol–water partition coefficient (Wildman–Crippen LogP) is 3.09. The third-order valence-electron chi connectivity index (χ3n) is 2.72. The number of anilines is 1. The number of halogens is 1. The average molecular weight is 244 g/mol. The first-order valence-corrected chi connectivity index (χ1v) is 5.56. The molecule has 0 bridgehead atoms. The lowest BCUT2D eigenvalue weighted by Gasteiger charge is -2.09. The zero-order valence-corrected chi connectivity index (χ0v) is 10.2. The van der Waals surface area contributed by atoms with Crippen molar-refractivity contribution in [3.05, 3.63) is 59.2 Å². The monoisotopic (exact) mass is 244 g/mol. The summed E-state index contributed by atoms with van der Waals surface area (Å²) in [4.78, 5) is 16.0. The summed E-state index contributed by atoms with van der Waals surface area (Å²) in [6.45, 7) is 3.59. The van der Waals surface area contributed by atoms with Crippen LogP contribution < -0.4 is 5.32 Å². The summed E-state index contributed by atoms with van der Waals surface area (Å²) in [5.41, 5.74) is 2.65. The molecule has 0 saturated heterocycles. The van der Waals surface area contributed by atoms with E-state index in [9.17, 15) is 9.18 Å². The van der Waals surface area contributed by atoms with Gasteiger partial charge in [-0.05, 0) is 49.2 Å². The van der Waals surface area contributed by atoms with E-state index in [1.807, 2.05) is 13.0 Å². The van der Waals surface area contributed by atoms with Gasteiger partial charge in [-0.1, -0.05) is 0 Å². The number of pyridine rings is 1. The zero-order chi connectivity index (χ0) is 13.1. The molecule has 1 N–H and O–H groups in total. The Morgan fingerprint density at radius 2 is 2.00 bits per heavy atom. The minimum absolute atomic E-state index is 0.261. The van der Waals surface area contributed by atoms with Crippen molar-refractivity contribution in [2.45, 2.75) is 13.8 Å². The fourth-order valence-electron chi connectivity index (χ4n) is 1.67. The number of aromatic nitrogens is 1. The highest BCUT2D eigenvalue weighted by atomic mass is 19.1. The van der Waals surface area contributed by atoms with E-state index in [1.54, 1.807) is 19.3 Å². The molecule has 0 aliphatic rings. The number of carbonyl (C=O) groups is 1. The van der Waals surface area contributed by atoms with Crippen molar-refractivity contribution < 1.29 is 9.18 Å². The Hall–Kier alpha value is -2.23. The number of benzene rings is 1. The molecule has 4 heteroatoms. The van der Waals surface area contributed by atoms with E-state index in [2.05, 4.69) is 10.3 Å². The maximum atomic E-state index is 13.0. The molecular formula is C14H13FN2O. The number of hydrogen-bond donors (Lipinski definition) is 1. The van der Waals surface area contributed by atoms with Crippen LogP contribution in [0.4, 0.5) is 10.1 Å². The Labute approximate surface area is 105 Å². The first-order valence-electron chi connectivity index (χ1n) is 5.56. The highest BCUT2D eigenvalue weighted by molar-refractivity contribution is 6.05. The fraction of sp³-hybridized carbons (Fsp3) is 0.143. The van der Waals surface area contributed by atoms with E-state index in [1.165, 1.54) is 18.2 Å². The molecule has 18 heavy (non-hydrogen) atoms. The second kappa shape index (κ2) is 4.96. The number of aryl methyl sites for hydroxylation is 2. The van der Waals surface area contributed by atoms with Crippen LogP contribution in [0.15, 0.2) is 36.7 Å². The molecule has 92 valence electrons. The quantitative estimate of drug-likeness (QED) is 0.882. The van der Waals surface area contributed by atoms with Crippen LogP contribution in [0.5, 0.6) is 0 Å². The van der Waals surface area contributed by atoms with Crippen molar-refractivity contribution in [3.63, 3.8) is 0 Å². The lowest BCUT2D eigenvalue weighted by atomic mass is 10.1. The van der Waals surface area contributed by atoms with Crippen LogP contribution in [0.3, 0.4) is 0 Å². The van der Waals surface area contributed by atoms with E-state index >= 15 is 0 Å². The summed E-state index contributed by atoms with van der Waals surface area (Å²) in [6, 6.07) is 5.90. The molecule has 1 aromatic carbocycles. The minimum atomic E-state index is -0.346. The largest absolute Gasteiger partial charge is 0.320 e. The molecule has 2 aromatic rings. The number of amides is 1. The van der Waals surface area contributed by atoms with Crippen LogP contribution in [0, 0.1) is 19.7 Å². The van der Waals surface area contributed by atoms with Gasteiger partial charge in [0.1, 0.15) is 5.82 Å². The van der Waals surface area contributed by atoms with Crippen molar-refractivity contribution in [1.82, 2.24) is 4.98 Å². The molecule has 0 radical (unpaired) electrons. The number of carbonyl (C=O) groups excluding carboxylic acids is 1. The molecular weight excluding hydrogens is 231 g/mol. The minimum Gasteiger partial charge on any atom is -0.320 e. The molecule has 1 heterocycles. The highest BCUT2D eigenvalue weighted by Gasteiger charge is 2.10. The van der Waals surface area contributed by atoms with Gasteiger partial charge in [0.2, 0.25) is 0 Å². The van der Waals surface area contributed by atoms with Gasteiger partial charge in [-0.3, -0.25) is 9.78 Å². The third kappa shape index (κ3) is 2.53. The first kappa shape index (κ1) is 12.2. The van der Waals surface area contributed by atoms with E-state index in [0.717, 1.165) is 5.56 Å². The van der Waals surface area contributed by atoms with Crippen molar-refractivity contribution >= 4 is 11.6 Å². The molecule has 0 saturated carbocycles. The zero-order valence-electron chi connectivity index (χ0n) is 10.2. The second-order valence-corrected chi connectivity index (χ2v) is 4.10. The van der Waals surface area contributed by atoms with Crippen LogP contribution in [0.2, 0.25) is 0 Å². The van der Waals surface area contributed by atoms with Gasteiger partial charge in [-0.2, -0.15) is 0 Å². The van der Waals surface area contributed by atoms with Gasteiger partial charge in [-0.15, -0.1) is 0 Å².